The third kappa shape index (κ3) is 3.84. The van der Waals surface area contributed by atoms with Gasteiger partial charge < -0.3 is 15.5 Å². The Hall–Kier alpha value is -2.15. The summed E-state index contributed by atoms with van der Waals surface area (Å²) in [5, 5.41) is 1.06. The van der Waals surface area contributed by atoms with Crippen LogP contribution < -0.4 is 10.6 Å². The fourth-order valence-corrected chi connectivity index (χ4v) is 3.65. The summed E-state index contributed by atoms with van der Waals surface area (Å²) < 4.78 is 13.0. The Labute approximate surface area is 145 Å². The average Bonchev–Trinajstić information content (AvgIpc) is 2.91. The summed E-state index contributed by atoms with van der Waals surface area (Å²) in [4.78, 5) is 14.5. The van der Waals surface area contributed by atoms with Gasteiger partial charge in [-0.25, -0.2) is 14.4 Å². The molecule has 1 aliphatic rings. The SMILES string of the molecule is Cc1nc(CN=C(N)N2CCN(c3ccc(F)cc3)CC2)c(C)s1. The number of hydrogen-bond acceptors (Lipinski definition) is 4. The molecule has 1 fully saturated rings. The second-order valence-corrected chi connectivity index (χ2v) is 7.27. The third-order valence-electron chi connectivity index (χ3n) is 4.19. The first-order valence-electron chi connectivity index (χ1n) is 8.01. The van der Waals surface area contributed by atoms with E-state index in [1.807, 2.05) is 19.1 Å². The van der Waals surface area contributed by atoms with Crippen LogP contribution in [0.5, 0.6) is 0 Å². The summed E-state index contributed by atoms with van der Waals surface area (Å²) in [5.41, 5.74) is 8.19. The largest absolute Gasteiger partial charge is 0.370 e. The summed E-state index contributed by atoms with van der Waals surface area (Å²) in [6, 6.07) is 6.62. The lowest BCUT2D eigenvalue weighted by molar-refractivity contribution is 0.380. The van der Waals surface area contributed by atoms with E-state index in [-0.39, 0.29) is 5.82 Å². The van der Waals surface area contributed by atoms with E-state index in [0.29, 0.717) is 12.5 Å². The number of aromatic nitrogens is 1. The van der Waals surface area contributed by atoms with Crippen LogP contribution in [0.4, 0.5) is 10.1 Å². The molecular weight excluding hydrogens is 325 g/mol. The molecule has 2 aromatic rings. The van der Waals surface area contributed by atoms with Crippen molar-refractivity contribution in [2.45, 2.75) is 20.4 Å². The quantitative estimate of drug-likeness (QED) is 0.685. The van der Waals surface area contributed by atoms with E-state index >= 15 is 0 Å². The van der Waals surface area contributed by atoms with Crippen molar-refractivity contribution in [2.75, 3.05) is 31.1 Å². The number of hydrogen-bond donors (Lipinski definition) is 1. The summed E-state index contributed by atoms with van der Waals surface area (Å²) >= 11 is 1.69. The van der Waals surface area contributed by atoms with E-state index in [0.717, 1.165) is 42.6 Å². The summed E-state index contributed by atoms with van der Waals surface area (Å²) in [5.74, 6) is 0.361. The molecule has 7 heteroatoms. The fourth-order valence-electron chi connectivity index (χ4n) is 2.82. The molecule has 0 amide bonds. The predicted octanol–water partition coefficient (Wildman–Crippen LogP) is 2.54. The number of thiazole rings is 1. The van der Waals surface area contributed by atoms with Crippen LogP contribution in [0.3, 0.4) is 0 Å². The smallest absolute Gasteiger partial charge is 0.191 e. The van der Waals surface area contributed by atoms with Crippen LogP contribution in [-0.2, 0) is 6.54 Å². The van der Waals surface area contributed by atoms with Crippen LogP contribution in [0.25, 0.3) is 0 Å². The van der Waals surface area contributed by atoms with Gasteiger partial charge >= 0.3 is 0 Å². The number of anilines is 1. The van der Waals surface area contributed by atoms with Gasteiger partial charge in [0, 0.05) is 36.7 Å². The first kappa shape index (κ1) is 16.7. The van der Waals surface area contributed by atoms with E-state index in [1.165, 1.54) is 17.0 Å². The average molecular weight is 347 g/mol. The minimum Gasteiger partial charge on any atom is -0.370 e. The predicted molar refractivity (Wildman–Crippen MR) is 97.1 cm³/mol. The number of aryl methyl sites for hydroxylation is 2. The van der Waals surface area contributed by atoms with Crippen LogP contribution in [0.1, 0.15) is 15.6 Å². The molecule has 1 saturated heterocycles. The zero-order chi connectivity index (χ0) is 17.1. The molecule has 3 rings (SSSR count). The van der Waals surface area contributed by atoms with Crippen LogP contribution >= 0.6 is 11.3 Å². The maximum Gasteiger partial charge on any atom is 0.191 e. The second-order valence-electron chi connectivity index (χ2n) is 5.86. The normalized spacial score (nSPS) is 15.9. The van der Waals surface area contributed by atoms with Crippen molar-refractivity contribution < 1.29 is 4.39 Å². The number of rotatable bonds is 3. The maximum absolute atomic E-state index is 13.0. The lowest BCUT2D eigenvalue weighted by atomic mass is 10.2. The fraction of sp³-hybridized carbons (Fsp3) is 0.412. The van der Waals surface area contributed by atoms with Gasteiger partial charge in [-0.15, -0.1) is 11.3 Å². The first-order valence-corrected chi connectivity index (χ1v) is 8.83. The highest BCUT2D eigenvalue weighted by molar-refractivity contribution is 7.11. The highest BCUT2D eigenvalue weighted by Crippen LogP contribution is 2.18. The van der Waals surface area contributed by atoms with Crippen molar-refractivity contribution in [1.82, 2.24) is 9.88 Å². The van der Waals surface area contributed by atoms with Gasteiger partial charge in [-0.1, -0.05) is 0 Å². The van der Waals surface area contributed by atoms with E-state index < -0.39 is 0 Å². The van der Waals surface area contributed by atoms with Gasteiger partial charge in [-0.2, -0.15) is 0 Å². The minimum absolute atomic E-state index is 0.207. The van der Waals surface area contributed by atoms with E-state index in [2.05, 4.69) is 26.7 Å². The molecule has 0 aliphatic carbocycles. The zero-order valence-electron chi connectivity index (χ0n) is 14.0. The molecule has 2 heterocycles. The van der Waals surface area contributed by atoms with Crippen molar-refractivity contribution in [1.29, 1.82) is 0 Å². The van der Waals surface area contributed by atoms with Crippen molar-refractivity contribution in [2.24, 2.45) is 10.7 Å². The van der Waals surface area contributed by atoms with E-state index in [9.17, 15) is 4.39 Å². The highest BCUT2D eigenvalue weighted by atomic mass is 32.1. The number of aliphatic imine (C=N–C) groups is 1. The molecule has 1 aliphatic heterocycles. The van der Waals surface area contributed by atoms with Crippen molar-refractivity contribution in [3.05, 3.63) is 45.7 Å². The molecule has 0 bridgehead atoms. The van der Waals surface area contributed by atoms with E-state index in [4.69, 9.17) is 5.73 Å². The molecule has 1 aromatic carbocycles. The van der Waals surface area contributed by atoms with Crippen LogP contribution in [0.2, 0.25) is 0 Å². The summed E-state index contributed by atoms with van der Waals surface area (Å²) in [7, 11) is 0. The Bertz CT molecular complexity index is 717. The van der Waals surface area contributed by atoms with Gasteiger partial charge in [-0.05, 0) is 38.1 Å². The highest BCUT2D eigenvalue weighted by Gasteiger charge is 2.18. The number of guanidine groups is 1. The number of benzene rings is 1. The van der Waals surface area contributed by atoms with Gasteiger partial charge in [0.2, 0.25) is 0 Å². The van der Waals surface area contributed by atoms with Crippen molar-refractivity contribution >= 4 is 23.0 Å². The molecule has 0 unspecified atom stereocenters. The topological polar surface area (TPSA) is 57.8 Å². The molecule has 128 valence electrons. The lowest BCUT2D eigenvalue weighted by Crippen LogP contribution is -2.51. The molecule has 5 nitrogen and oxygen atoms in total. The van der Waals surface area contributed by atoms with Gasteiger partial charge in [0.15, 0.2) is 5.96 Å². The lowest BCUT2D eigenvalue weighted by Gasteiger charge is -2.36. The maximum atomic E-state index is 13.0. The molecule has 0 spiro atoms. The molecular formula is C17H22FN5S. The van der Waals surface area contributed by atoms with Crippen LogP contribution in [-0.4, -0.2) is 42.0 Å². The molecule has 0 atom stereocenters. The molecule has 0 saturated carbocycles. The Kier molecular flexibility index (Phi) is 4.99. The number of nitrogens with two attached hydrogens (primary N) is 1. The van der Waals surface area contributed by atoms with Gasteiger partial charge in [-0.3, -0.25) is 0 Å². The van der Waals surface area contributed by atoms with Gasteiger partial charge in [0.05, 0.1) is 17.2 Å². The standard InChI is InChI=1S/C17H22FN5S/c1-12-16(21-13(2)24-12)11-20-17(19)23-9-7-22(8-10-23)15-5-3-14(18)4-6-15/h3-6H,7-11H2,1-2H3,(H2,19,20). The molecule has 24 heavy (non-hydrogen) atoms. The second kappa shape index (κ2) is 7.17. The Balaban J connectivity index is 1.56. The third-order valence-corrected chi connectivity index (χ3v) is 5.11. The van der Waals surface area contributed by atoms with Gasteiger partial charge in [0.1, 0.15) is 5.82 Å². The number of nitrogens with zero attached hydrogens (tertiary/aromatic N) is 4. The minimum atomic E-state index is -0.207. The van der Waals surface area contributed by atoms with E-state index in [1.54, 1.807) is 11.3 Å². The monoisotopic (exact) mass is 347 g/mol. The summed E-state index contributed by atoms with van der Waals surface area (Å²) in [6.45, 7) is 7.90. The van der Waals surface area contributed by atoms with Crippen LogP contribution in [0, 0.1) is 19.7 Å². The number of halogens is 1. The van der Waals surface area contributed by atoms with Gasteiger partial charge in [0.25, 0.3) is 0 Å². The molecule has 1 aromatic heterocycles. The van der Waals surface area contributed by atoms with Crippen molar-refractivity contribution in [3.63, 3.8) is 0 Å². The first-order chi connectivity index (χ1) is 11.5. The Morgan fingerprint density at radius 1 is 1.21 bits per heavy atom. The zero-order valence-corrected chi connectivity index (χ0v) is 14.8. The summed E-state index contributed by atoms with van der Waals surface area (Å²) in [6.07, 6.45) is 0. The molecule has 2 N–H and O–H groups in total. The van der Waals surface area contributed by atoms with Crippen molar-refractivity contribution in [3.8, 4) is 0 Å². The Morgan fingerprint density at radius 3 is 2.46 bits per heavy atom. The number of piperazine rings is 1. The van der Waals surface area contributed by atoms with Crippen LogP contribution in [0.15, 0.2) is 29.3 Å². The molecule has 0 radical (unpaired) electrons. The Morgan fingerprint density at radius 2 is 1.88 bits per heavy atom.